The minimum atomic E-state index is -0.403. The van der Waals surface area contributed by atoms with Crippen LogP contribution in [0.5, 0.6) is 0 Å². The summed E-state index contributed by atoms with van der Waals surface area (Å²) < 4.78 is 5.05. The number of ether oxygens (including phenoxy) is 1. The minimum absolute atomic E-state index is 0.0940. The Morgan fingerprint density at radius 3 is 2.56 bits per heavy atom. The van der Waals surface area contributed by atoms with E-state index in [1.54, 1.807) is 42.2 Å². The van der Waals surface area contributed by atoms with Crippen LogP contribution in [0.4, 0.5) is 11.5 Å². The van der Waals surface area contributed by atoms with E-state index in [1.165, 1.54) is 0 Å². The number of carbonyl (C=O) groups is 2. The fraction of sp³-hybridized carbons (Fsp3) is 0.333. The summed E-state index contributed by atoms with van der Waals surface area (Å²) in [5.74, 6) is -0.0439. The number of amides is 1. The van der Waals surface area contributed by atoms with Crippen LogP contribution in [0.1, 0.15) is 40.6 Å². The summed E-state index contributed by atoms with van der Waals surface area (Å²) in [6.07, 6.45) is 2.06. The monoisotopic (exact) mass is 340 g/mol. The van der Waals surface area contributed by atoms with E-state index in [1.807, 2.05) is 6.07 Å². The van der Waals surface area contributed by atoms with Gasteiger partial charge < -0.3 is 15.0 Å². The van der Waals surface area contributed by atoms with Crippen LogP contribution in [0, 0.1) is 0 Å². The second kappa shape index (κ2) is 7.74. The molecule has 2 heterocycles. The van der Waals surface area contributed by atoms with Crippen molar-refractivity contribution >= 4 is 23.4 Å². The molecule has 1 aliphatic heterocycles. The van der Waals surface area contributed by atoms with Gasteiger partial charge in [0.1, 0.15) is 0 Å². The van der Waals surface area contributed by atoms with Gasteiger partial charge in [-0.3, -0.25) is 4.79 Å². The largest absolute Gasteiger partial charge is 0.462 e. The van der Waals surface area contributed by atoms with E-state index in [9.17, 15) is 9.59 Å². The predicted octanol–water partition coefficient (Wildman–Crippen LogP) is 2.63. The normalized spacial score (nSPS) is 13.6. The van der Waals surface area contributed by atoms with Crippen molar-refractivity contribution in [3.8, 4) is 0 Å². The van der Waals surface area contributed by atoms with Gasteiger partial charge in [0, 0.05) is 13.1 Å². The molecule has 1 aliphatic rings. The Balaban J connectivity index is 1.74. The second-order valence-electron chi connectivity index (χ2n) is 5.69. The van der Waals surface area contributed by atoms with E-state index in [-0.39, 0.29) is 5.91 Å². The first-order valence-corrected chi connectivity index (χ1v) is 8.35. The molecule has 7 heteroatoms. The molecule has 3 rings (SSSR count). The van der Waals surface area contributed by atoms with Crippen molar-refractivity contribution < 1.29 is 14.3 Å². The number of hydrogen-bond donors (Lipinski definition) is 1. The smallest absolute Gasteiger partial charge is 0.340 e. The Kier molecular flexibility index (Phi) is 5.23. The predicted molar refractivity (Wildman–Crippen MR) is 92.9 cm³/mol. The Morgan fingerprint density at radius 1 is 1.12 bits per heavy atom. The van der Waals surface area contributed by atoms with E-state index in [2.05, 4.69) is 15.5 Å². The third-order valence-electron chi connectivity index (χ3n) is 3.96. The summed E-state index contributed by atoms with van der Waals surface area (Å²) in [5.41, 5.74) is 1.32. The maximum absolute atomic E-state index is 12.3. The zero-order valence-electron chi connectivity index (χ0n) is 14.1. The van der Waals surface area contributed by atoms with Crippen LogP contribution < -0.4 is 5.32 Å². The second-order valence-corrected chi connectivity index (χ2v) is 5.69. The van der Waals surface area contributed by atoms with E-state index in [4.69, 9.17) is 4.74 Å². The van der Waals surface area contributed by atoms with Crippen LogP contribution in [0.2, 0.25) is 0 Å². The van der Waals surface area contributed by atoms with Gasteiger partial charge in [-0.15, -0.1) is 10.2 Å². The van der Waals surface area contributed by atoms with Gasteiger partial charge in [0.2, 0.25) is 0 Å². The number of para-hydroxylation sites is 1. The minimum Gasteiger partial charge on any atom is -0.462 e. The van der Waals surface area contributed by atoms with Crippen molar-refractivity contribution in [3.05, 3.63) is 47.7 Å². The Labute approximate surface area is 146 Å². The van der Waals surface area contributed by atoms with Crippen LogP contribution in [0.3, 0.4) is 0 Å². The molecule has 1 aromatic heterocycles. The van der Waals surface area contributed by atoms with Gasteiger partial charge in [-0.1, -0.05) is 12.1 Å². The topological polar surface area (TPSA) is 84.4 Å². The number of likely N-dealkylation sites (tertiary alicyclic amines) is 1. The number of benzene rings is 1. The summed E-state index contributed by atoms with van der Waals surface area (Å²) in [7, 11) is 0. The maximum atomic E-state index is 12.3. The van der Waals surface area contributed by atoms with Crippen molar-refractivity contribution in [2.24, 2.45) is 0 Å². The highest BCUT2D eigenvalue weighted by atomic mass is 16.5. The van der Waals surface area contributed by atoms with Gasteiger partial charge in [-0.25, -0.2) is 4.79 Å². The molecule has 0 aliphatic carbocycles. The molecule has 7 nitrogen and oxygen atoms in total. The average molecular weight is 340 g/mol. The quantitative estimate of drug-likeness (QED) is 0.842. The first-order chi connectivity index (χ1) is 12.2. The fourth-order valence-electron chi connectivity index (χ4n) is 2.71. The maximum Gasteiger partial charge on any atom is 0.340 e. The van der Waals surface area contributed by atoms with E-state index < -0.39 is 5.97 Å². The highest BCUT2D eigenvalue weighted by molar-refractivity contribution is 5.96. The molecule has 1 aromatic carbocycles. The molecule has 0 radical (unpaired) electrons. The molecule has 0 spiro atoms. The molecule has 130 valence electrons. The number of anilines is 2. The number of esters is 1. The number of aromatic nitrogens is 2. The highest BCUT2D eigenvalue weighted by Crippen LogP contribution is 2.20. The first kappa shape index (κ1) is 16.9. The molecule has 0 bridgehead atoms. The molecule has 2 aromatic rings. The van der Waals surface area contributed by atoms with Gasteiger partial charge in [-0.2, -0.15) is 0 Å². The van der Waals surface area contributed by atoms with Crippen molar-refractivity contribution in [1.29, 1.82) is 0 Å². The van der Waals surface area contributed by atoms with Gasteiger partial charge in [-0.05, 0) is 44.0 Å². The van der Waals surface area contributed by atoms with Crippen molar-refractivity contribution in [1.82, 2.24) is 15.1 Å². The van der Waals surface area contributed by atoms with E-state index in [0.717, 1.165) is 25.9 Å². The van der Waals surface area contributed by atoms with Gasteiger partial charge in [0.25, 0.3) is 5.91 Å². The zero-order chi connectivity index (χ0) is 17.6. The van der Waals surface area contributed by atoms with Crippen LogP contribution in [0.15, 0.2) is 36.4 Å². The third kappa shape index (κ3) is 3.93. The summed E-state index contributed by atoms with van der Waals surface area (Å²) in [5, 5.41) is 11.1. The molecule has 1 fully saturated rings. The highest BCUT2D eigenvalue weighted by Gasteiger charge is 2.21. The lowest BCUT2D eigenvalue weighted by molar-refractivity contribution is 0.0527. The molecular weight excluding hydrogens is 320 g/mol. The fourth-order valence-corrected chi connectivity index (χ4v) is 2.71. The molecule has 0 unspecified atom stereocenters. The number of nitrogens with one attached hydrogen (secondary N) is 1. The Hall–Kier alpha value is -2.96. The molecule has 1 N–H and O–H groups in total. The van der Waals surface area contributed by atoms with Crippen LogP contribution >= 0.6 is 0 Å². The molecule has 1 amide bonds. The SMILES string of the molecule is CCOC(=O)c1ccccc1Nc1ccc(C(=O)N2CCCC2)nn1. The van der Waals surface area contributed by atoms with Crippen LogP contribution in [0.25, 0.3) is 0 Å². The average Bonchev–Trinajstić information content (AvgIpc) is 3.17. The lowest BCUT2D eigenvalue weighted by atomic mass is 10.2. The van der Waals surface area contributed by atoms with Gasteiger partial charge >= 0.3 is 5.97 Å². The zero-order valence-corrected chi connectivity index (χ0v) is 14.1. The molecule has 0 saturated carbocycles. The third-order valence-corrected chi connectivity index (χ3v) is 3.96. The lowest BCUT2D eigenvalue weighted by Crippen LogP contribution is -2.28. The number of hydrogen-bond acceptors (Lipinski definition) is 6. The van der Waals surface area contributed by atoms with Crippen molar-refractivity contribution in [2.45, 2.75) is 19.8 Å². The number of nitrogens with zero attached hydrogens (tertiary/aromatic N) is 3. The summed E-state index contributed by atoms with van der Waals surface area (Å²) in [6, 6.07) is 10.3. The summed E-state index contributed by atoms with van der Waals surface area (Å²) in [6.45, 7) is 3.61. The molecular formula is C18H20N4O3. The Bertz CT molecular complexity index is 755. The molecule has 25 heavy (non-hydrogen) atoms. The Morgan fingerprint density at radius 2 is 1.88 bits per heavy atom. The summed E-state index contributed by atoms with van der Waals surface area (Å²) >= 11 is 0. The number of rotatable bonds is 5. The van der Waals surface area contributed by atoms with Crippen molar-refractivity contribution in [2.75, 3.05) is 25.0 Å². The van der Waals surface area contributed by atoms with Crippen molar-refractivity contribution in [3.63, 3.8) is 0 Å². The number of carbonyl (C=O) groups excluding carboxylic acids is 2. The van der Waals surface area contributed by atoms with Crippen LogP contribution in [-0.2, 0) is 4.74 Å². The van der Waals surface area contributed by atoms with E-state index >= 15 is 0 Å². The summed E-state index contributed by atoms with van der Waals surface area (Å²) in [4.78, 5) is 26.1. The standard InChI is InChI=1S/C18H20N4O3/c1-2-25-18(24)13-7-3-4-8-14(13)19-16-10-9-15(20-21-16)17(23)22-11-5-6-12-22/h3-4,7-10H,2,5-6,11-12H2,1H3,(H,19,21). The molecule has 0 atom stereocenters. The lowest BCUT2D eigenvalue weighted by Gasteiger charge is -2.14. The van der Waals surface area contributed by atoms with Gasteiger partial charge in [0.15, 0.2) is 11.5 Å². The van der Waals surface area contributed by atoms with E-state index in [0.29, 0.717) is 29.4 Å². The van der Waals surface area contributed by atoms with Crippen LogP contribution in [-0.4, -0.2) is 46.7 Å². The molecule has 1 saturated heterocycles. The first-order valence-electron chi connectivity index (χ1n) is 8.35. The van der Waals surface area contributed by atoms with Gasteiger partial charge in [0.05, 0.1) is 17.9 Å².